The summed E-state index contributed by atoms with van der Waals surface area (Å²) in [7, 11) is 1.37. The molecule has 6 nitrogen and oxygen atoms in total. The quantitative estimate of drug-likeness (QED) is 0.819. The van der Waals surface area contributed by atoms with Crippen LogP contribution in [-0.4, -0.2) is 35.7 Å². The van der Waals surface area contributed by atoms with Gasteiger partial charge in [0, 0.05) is 6.07 Å². The van der Waals surface area contributed by atoms with Crippen LogP contribution in [0.15, 0.2) is 21.5 Å². The van der Waals surface area contributed by atoms with Crippen molar-refractivity contribution in [2.75, 3.05) is 13.7 Å². The van der Waals surface area contributed by atoms with Crippen molar-refractivity contribution < 1.29 is 19.1 Å². The van der Waals surface area contributed by atoms with Gasteiger partial charge in [-0.3, -0.25) is 14.5 Å². The maximum atomic E-state index is 11.7. The number of hydrogen-bond donors (Lipinski definition) is 1. The molecule has 1 saturated heterocycles. The molecule has 1 aliphatic heterocycles. The molecule has 1 fully saturated rings. The largest absolute Gasteiger partial charge is 0.502 e. The van der Waals surface area contributed by atoms with E-state index in [2.05, 4.69) is 0 Å². The number of esters is 1. The Hall–Kier alpha value is -1.82. The van der Waals surface area contributed by atoms with E-state index in [1.165, 1.54) is 13.2 Å². The summed E-state index contributed by atoms with van der Waals surface area (Å²) >= 11 is 0. The number of nitrogens with zero attached hydrogens (tertiary/aromatic N) is 1. The molecule has 2 heterocycles. The molecule has 1 N–H and O–H groups in total. The van der Waals surface area contributed by atoms with Gasteiger partial charge in [-0.2, -0.15) is 0 Å². The van der Waals surface area contributed by atoms with Crippen molar-refractivity contribution in [2.45, 2.75) is 31.8 Å². The second-order valence-corrected chi connectivity index (χ2v) is 4.60. The number of piperidine rings is 1. The summed E-state index contributed by atoms with van der Waals surface area (Å²) in [5.74, 6) is -0.244. The Labute approximate surface area is 110 Å². The summed E-state index contributed by atoms with van der Waals surface area (Å²) in [5.41, 5.74) is -0.479. The SMILES string of the molecule is COC(=O)[C@H]1CCCCN1Cc1cc(=O)c(O)co1. The molecule has 6 heteroatoms. The fourth-order valence-electron chi connectivity index (χ4n) is 2.31. The average molecular weight is 267 g/mol. The molecule has 1 aromatic rings. The van der Waals surface area contributed by atoms with Gasteiger partial charge >= 0.3 is 5.97 Å². The molecule has 0 radical (unpaired) electrons. The zero-order valence-corrected chi connectivity index (χ0v) is 10.8. The van der Waals surface area contributed by atoms with E-state index in [0.29, 0.717) is 12.3 Å². The average Bonchev–Trinajstić information content (AvgIpc) is 2.43. The molecular weight excluding hydrogens is 250 g/mol. The number of hydrogen-bond acceptors (Lipinski definition) is 6. The second-order valence-electron chi connectivity index (χ2n) is 4.60. The highest BCUT2D eigenvalue weighted by Crippen LogP contribution is 2.20. The highest BCUT2D eigenvalue weighted by atomic mass is 16.5. The molecule has 104 valence electrons. The molecule has 0 amide bonds. The molecule has 0 bridgehead atoms. The van der Waals surface area contributed by atoms with Crippen molar-refractivity contribution in [1.29, 1.82) is 0 Å². The van der Waals surface area contributed by atoms with E-state index in [4.69, 9.17) is 14.3 Å². The number of ether oxygens (including phenoxy) is 1. The molecule has 1 aliphatic rings. The first-order chi connectivity index (χ1) is 9.11. The molecule has 2 rings (SSSR count). The van der Waals surface area contributed by atoms with E-state index < -0.39 is 11.2 Å². The van der Waals surface area contributed by atoms with E-state index in [9.17, 15) is 9.59 Å². The summed E-state index contributed by atoms with van der Waals surface area (Å²) < 4.78 is 9.95. The highest BCUT2D eigenvalue weighted by molar-refractivity contribution is 5.75. The lowest BCUT2D eigenvalue weighted by Gasteiger charge is -2.33. The Morgan fingerprint density at radius 2 is 2.37 bits per heavy atom. The molecule has 0 spiro atoms. The Balaban J connectivity index is 2.12. The van der Waals surface area contributed by atoms with Crippen molar-refractivity contribution in [3.8, 4) is 5.75 Å². The number of methoxy groups -OCH3 is 1. The van der Waals surface area contributed by atoms with Crippen LogP contribution in [0.3, 0.4) is 0 Å². The third-order valence-corrected chi connectivity index (χ3v) is 3.31. The van der Waals surface area contributed by atoms with Gasteiger partial charge in [-0.25, -0.2) is 0 Å². The van der Waals surface area contributed by atoms with Crippen LogP contribution >= 0.6 is 0 Å². The van der Waals surface area contributed by atoms with E-state index in [0.717, 1.165) is 32.1 Å². The fourth-order valence-corrected chi connectivity index (χ4v) is 2.31. The van der Waals surface area contributed by atoms with Gasteiger partial charge in [0.25, 0.3) is 0 Å². The van der Waals surface area contributed by atoms with Gasteiger partial charge in [0.05, 0.1) is 13.7 Å². The molecule has 0 aliphatic carbocycles. The van der Waals surface area contributed by atoms with Crippen LogP contribution in [0, 0.1) is 0 Å². The molecule has 1 atom stereocenters. The van der Waals surface area contributed by atoms with Crippen molar-refractivity contribution in [2.24, 2.45) is 0 Å². The zero-order chi connectivity index (χ0) is 13.8. The number of rotatable bonds is 3. The van der Waals surface area contributed by atoms with Gasteiger partial charge in [0.1, 0.15) is 18.1 Å². The van der Waals surface area contributed by atoms with Gasteiger partial charge < -0.3 is 14.3 Å². The van der Waals surface area contributed by atoms with Crippen molar-refractivity contribution in [1.82, 2.24) is 4.90 Å². The van der Waals surface area contributed by atoms with E-state index in [-0.39, 0.29) is 12.0 Å². The predicted molar refractivity (Wildman–Crippen MR) is 66.7 cm³/mol. The number of carbonyl (C=O) groups excluding carboxylic acids is 1. The first kappa shape index (κ1) is 13.6. The first-order valence-corrected chi connectivity index (χ1v) is 6.24. The van der Waals surface area contributed by atoms with Crippen LogP contribution in [0.2, 0.25) is 0 Å². The van der Waals surface area contributed by atoms with Crippen LogP contribution in [0.4, 0.5) is 0 Å². The summed E-state index contributed by atoms with van der Waals surface area (Å²) in [6, 6.07) is 0.955. The van der Waals surface area contributed by atoms with Gasteiger partial charge in [-0.05, 0) is 19.4 Å². The normalized spacial score (nSPS) is 20.2. The number of likely N-dealkylation sites (tertiary alicyclic amines) is 1. The monoisotopic (exact) mass is 267 g/mol. The lowest BCUT2D eigenvalue weighted by molar-refractivity contribution is -0.148. The zero-order valence-electron chi connectivity index (χ0n) is 10.8. The van der Waals surface area contributed by atoms with Crippen molar-refractivity contribution >= 4 is 5.97 Å². The van der Waals surface area contributed by atoms with Gasteiger partial charge in [-0.15, -0.1) is 0 Å². The van der Waals surface area contributed by atoms with E-state index in [1.807, 2.05) is 4.90 Å². The maximum absolute atomic E-state index is 11.7. The third kappa shape index (κ3) is 3.14. The number of carbonyl (C=O) groups is 1. The molecule has 0 saturated carbocycles. The lowest BCUT2D eigenvalue weighted by atomic mass is 10.0. The van der Waals surface area contributed by atoms with Gasteiger partial charge in [-0.1, -0.05) is 6.42 Å². The van der Waals surface area contributed by atoms with Crippen LogP contribution in [0.1, 0.15) is 25.0 Å². The minimum Gasteiger partial charge on any atom is -0.502 e. The Morgan fingerprint density at radius 3 is 3.05 bits per heavy atom. The Kier molecular flexibility index (Phi) is 4.21. The van der Waals surface area contributed by atoms with Crippen LogP contribution in [0.5, 0.6) is 5.75 Å². The highest BCUT2D eigenvalue weighted by Gasteiger charge is 2.29. The summed E-state index contributed by atoms with van der Waals surface area (Å²) in [6.45, 7) is 1.11. The predicted octanol–water partition coefficient (Wildman–Crippen LogP) is 0.873. The second kappa shape index (κ2) is 5.88. The summed E-state index contributed by atoms with van der Waals surface area (Å²) in [4.78, 5) is 25.0. The Bertz CT molecular complexity index is 510. The topological polar surface area (TPSA) is 80.0 Å². The first-order valence-electron chi connectivity index (χ1n) is 6.24. The van der Waals surface area contributed by atoms with Gasteiger partial charge in [0.2, 0.25) is 5.43 Å². The smallest absolute Gasteiger partial charge is 0.323 e. The summed E-state index contributed by atoms with van der Waals surface area (Å²) in [6.07, 6.45) is 3.75. The summed E-state index contributed by atoms with van der Waals surface area (Å²) in [5, 5.41) is 9.13. The Morgan fingerprint density at radius 1 is 1.58 bits per heavy atom. The fraction of sp³-hybridized carbons (Fsp3) is 0.538. The number of aromatic hydroxyl groups is 1. The van der Waals surface area contributed by atoms with Crippen LogP contribution < -0.4 is 5.43 Å². The van der Waals surface area contributed by atoms with Crippen molar-refractivity contribution in [3.05, 3.63) is 28.3 Å². The van der Waals surface area contributed by atoms with E-state index in [1.54, 1.807) is 0 Å². The minimum atomic E-state index is -0.479. The van der Waals surface area contributed by atoms with Crippen LogP contribution in [0.25, 0.3) is 0 Å². The standard InChI is InChI=1S/C13H17NO5/c1-18-13(17)10-4-2-3-5-14(10)7-9-6-11(15)12(16)8-19-9/h6,8,10,16H,2-5,7H2,1H3/t10-/m1/s1. The van der Waals surface area contributed by atoms with Crippen LogP contribution in [-0.2, 0) is 16.1 Å². The molecule has 0 unspecified atom stereocenters. The third-order valence-electron chi connectivity index (χ3n) is 3.31. The molecule has 19 heavy (non-hydrogen) atoms. The van der Waals surface area contributed by atoms with Gasteiger partial charge in [0.15, 0.2) is 5.75 Å². The molecular formula is C13H17NO5. The maximum Gasteiger partial charge on any atom is 0.323 e. The molecule has 0 aromatic carbocycles. The lowest BCUT2D eigenvalue weighted by Crippen LogP contribution is -2.44. The van der Waals surface area contributed by atoms with Crippen molar-refractivity contribution in [3.63, 3.8) is 0 Å². The van der Waals surface area contributed by atoms with E-state index >= 15 is 0 Å². The molecule has 1 aromatic heterocycles. The minimum absolute atomic E-state index is 0.263.